The number of unbranched alkanes of at least 4 members (excludes halogenated alkanes) is 22. The molecule has 0 amide bonds. The van der Waals surface area contributed by atoms with Crippen molar-refractivity contribution in [3.05, 3.63) is 24.3 Å². The lowest BCUT2D eigenvalue weighted by Crippen LogP contribution is -2.37. The van der Waals surface area contributed by atoms with E-state index in [1.807, 2.05) is 27.2 Å². The first-order valence-electron chi connectivity index (χ1n) is 22.0. The second kappa shape index (κ2) is 37.1. The van der Waals surface area contributed by atoms with Crippen LogP contribution < -0.4 is 4.89 Å². The number of hydrogen-bond acceptors (Lipinski definition) is 8. The van der Waals surface area contributed by atoms with E-state index in [2.05, 4.69) is 32.1 Å². The summed E-state index contributed by atoms with van der Waals surface area (Å²) in [5.74, 6) is -0.905. The van der Waals surface area contributed by atoms with Crippen LogP contribution in [0, 0.1) is 0 Å². The van der Waals surface area contributed by atoms with E-state index in [1.165, 1.54) is 116 Å². The molecule has 0 rings (SSSR count). The minimum Gasteiger partial charge on any atom is -0.756 e. The van der Waals surface area contributed by atoms with Crippen LogP contribution in [-0.4, -0.2) is 70.0 Å². The molecule has 0 N–H and O–H groups in total. The molecule has 0 aliphatic carbocycles. The van der Waals surface area contributed by atoms with Crippen LogP contribution in [0.1, 0.15) is 194 Å². The molecule has 2 atom stereocenters. The number of quaternary nitrogens is 1. The molecule has 0 aliphatic rings. The van der Waals surface area contributed by atoms with Gasteiger partial charge in [0.05, 0.1) is 27.7 Å². The first-order chi connectivity index (χ1) is 26.0. The number of phosphoric ester groups is 1. The molecule has 0 fully saturated rings. The lowest BCUT2D eigenvalue weighted by atomic mass is 10.1. The lowest BCUT2D eigenvalue weighted by molar-refractivity contribution is -0.870. The van der Waals surface area contributed by atoms with Gasteiger partial charge in [-0.25, -0.2) is 0 Å². The minimum atomic E-state index is -4.63. The Kier molecular flexibility index (Phi) is 36.1. The summed E-state index contributed by atoms with van der Waals surface area (Å²) in [6, 6.07) is 0. The van der Waals surface area contributed by atoms with Crippen LogP contribution in [0.15, 0.2) is 24.3 Å². The molecule has 318 valence electrons. The van der Waals surface area contributed by atoms with E-state index in [0.29, 0.717) is 23.9 Å². The van der Waals surface area contributed by atoms with E-state index >= 15 is 0 Å². The number of carbonyl (C=O) groups is 2. The molecule has 0 heterocycles. The maximum Gasteiger partial charge on any atom is 0.306 e. The van der Waals surface area contributed by atoms with Gasteiger partial charge in [-0.1, -0.05) is 154 Å². The highest BCUT2D eigenvalue weighted by atomic mass is 31.2. The summed E-state index contributed by atoms with van der Waals surface area (Å²) < 4.78 is 33.8. The van der Waals surface area contributed by atoms with Gasteiger partial charge in [-0.2, -0.15) is 0 Å². The number of carbonyl (C=O) groups excluding carboxylic acids is 2. The van der Waals surface area contributed by atoms with Crippen molar-refractivity contribution in [3.63, 3.8) is 0 Å². The number of hydrogen-bond donors (Lipinski definition) is 0. The van der Waals surface area contributed by atoms with Crippen molar-refractivity contribution in [3.8, 4) is 0 Å². The molecule has 0 saturated carbocycles. The van der Waals surface area contributed by atoms with Crippen molar-refractivity contribution in [2.24, 2.45) is 0 Å². The summed E-state index contributed by atoms with van der Waals surface area (Å²) in [7, 11) is 1.14. The molecule has 1 unspecified atom stereocenters. The summed E-state index contributed by atoms with van der Waals surface area (Å²) in [5, 5.41) is 0. The van der Waals surface area contributed by atoms with Crippen LogP contribution in [0.2, 0.25) is 0 Å². The van der Waals surface area contributed by atoms with Gasteiger partial charge in [0, 0.05) is 12.8 Å². The van der Waals surface area contributed by atoms with Crippen molar-refractivity contribution in [1.82, 2.24) is 0 Å². The number of nitrogens with zero attached hydrogens (tertiary/aromatic N) is 1. The van der Waals surface area contributed by atoms with E-state index < -0.39 is 32.5 Å². The average molecular weight is 786 g/mol. The molecule has 0 radical (unpaired) electrons. The summed E-state index contributed by atoms with van der Waals surface area (Å²) in [6.07, 6.45) is 39.3. The second-order valence-electron chi connectivity index (χ2n) is 16.1. The third-order valence-corrected chi connectivity index (χ3v) is 10.4. The third kappa shape index (κ3) is 40.2. The topological polar surface area (TPSA) is 111 Å². The van der Waals surface area contributed by atoms with Gasteiger partial charge < -0.3 is 27.9 Å². The highest BCUT2D eigenvalue weighted by molar-refractivity contribution is 7.45. The number of allylic oxidation sites excluding steroid dienone is 4. The van der Waals surface area contributed by atoms with E-state index in [1.54, 1.807) is 0 Å². The standard InChI is InChI=1S/C44H84NO8P/c1-6-8-10-12-14-16-18-20-22-24-26-28-30-32-34-36-43(46)50-40-42(41-52-54(48,49)51-39-38-45(3,4)5)53-44(47)37-35-33-31-29-27-25-23-21-19-17-15-13-11-9-7-2/h25,27,30,32,42H,6-24,26,28-29,31,33-41H2,1-5H3/b27-25+,32-30+/t42-/m1/s1. The number of likely N-dealkylation sites (N-methyl/N-ethyl adjacent to an activating group) is 1. The quantitative estimate of drug-likeness (QED) is 0.0198. The average Bonchev–Trinajstić information content (AvgIpc) is 3.12. The smallest absolute Gasteiger partial charge is 0.306 e. The van der Waals surface area contributed by atoms with E-state index in [-0.39, 0.29) is 26.1 Å². The van der Waals surface area contributed by atoms with E-state index in [0.717, 1.165) is 38.5 Å². The molecule has 0 saturated heterocycles. The normalized spacial score (nSPS) is 13.8. The molecule has 0 aromatic rings. The van der Waals surface area contributed by atoms with Crippen LogP contribution >= 0.6 is 7.82 Å². The van der Waals surface area contributed by atoms with Gasteiger partial charge in [0.2, 0.25) is 0 Å². The largest absolute Gasteiger partial charge is 0.756 e. The Morgan fingerprint density at radius 3 is 1.44 bits per heavy atom. The van der Waals surface area contributed by atoms with Crippen LogP contribution in [0.3, 0.4) is 0 Å². The third-order valence-electron chi connectivity index (χ3n) is 9.46. The van der Waals surface area contributed by atoms with Gasteiger partial charge in [0.1, 0.15) is 19.8 Å². The van der Waals surface area contributed by atoms with Gasteiger partial charge in [0.15, 0.2) is 6.10 Å². The van der Waals surface area contributed by atoms with Crippen molar-refractivity contribution in [2.45, 2.75) is 200 Å². The zero-order chi connectivity index (χ0) is 40.0. The maximum absolute atomic E-state index is 12.6. The molecule has 0 aliphatic heterocycles. The molecule has 10 heteroatoms. The Bertz CT molecular complexity index is 980. The SMILES string of the molecule is CCCCCCCCCC/C=C/CCCCCC(=O)O[C@H](COC(=O)CC/C=C/CCCCCCCCCCCCC)COP(=O)([O-])OCC[N+](C)(C)C. The molecular weight excluding hydrogens is 701 g/mol. The fourth-order valence-corrected chi connectivity index (χ4v) is 6.69. The summed E-state index contributed by atoms with van der Waals surface area (Å²) >= 11 is 0. The van der Waals surface area contributed by atoms with Crippen LogP contribution in [0.5, 0.6) is 0 Å². The van der Waals surface area contributed by atoms with Gasteiger partial charge in [-0.15, -0.1) is 0 Å². The van der Waals surface area contributed by atoms with E-state index in [4.69, 9.17) is 18.5 Å². The maximum atomic E-state index is 12.6. The fourth-order valence-electron chi connectivity index (χ4n) is 5.96. The molecule has 0 spiro atoms. The van der Waals surface area contributed by atoms with Gasteiger partial charge in [-0.05, 0) is 51.4 Å². The van der Waals surface area contributed by atoms with E-state index in [9.17, 15) is 19.0 Å². The number of esters is 2. The van der Waals surface area contributed by atoms with Crippen LogP contribution in [0.4, 0.5) is 0 Å². The van der Waals surface area contributed by atoms with Crippen molar-refractivity contribution >= 4 is 19.8 Å². The lowest BCUT2D eigenvalue weighted by Gasteiger charge is -2.28. The Morgan fingerprint density at radius 1 is 0.556 bits per heavy atom. The Hall–Kier alpha value is -1.51. The zero-order valence-electron chi connectivity index (χ0n) is 35.7. The fraction of sp³-hybridized carbons (Fsp3) is 0.864. The Morgan fingerprint density at radius 2 is 0.981 bits per heavy atom. The summed E-state index contributed by atoms with van der Waals surface area (Å²) in [5.41, 5.74) is 0. The summed E-state index contributed by atoms with van der Waals surface area (Å²) in [4.78, 5) is 37.4. The van der Waals surface area contributed by atoms with Gasteiger partial charge in [0.25, 0.3) is 7.82 Å². The number of phosphoric acid groups is 1. The van der Waals surface area contributed by atoms with Crippen molar-refractivity contribution in [2.75, 3.05) is 47.5 Å². The van der Waals surface area contributed by atoms with Crippen molar-refractivity contribution in [1.29, 1.82) is 0 Å². The highest BCUT2D eigenvalue weighted by Gasteiger charge is 2.21. The highest BCUT2D eigenvalue weighted by Crippen LogP contribution is 2.38. The van der Waals surface area contributed by atoms with Crippen LogP contribution in [-0.2, 0) is 32.7 Å². The Labute approximate surface area is 332 Å². The molecule has 0 bridgehead atoms. The predicted molar refractivity (Wildman–Crippen MR) is 222 cm³/mol. The minimum absolute atomic E-state index is 0.0368. The molecule has 0 aromatic carbocycles. The number of ether oxygens (including phenoxy) is 2. The predicted octanol–water partition coefficient (Wildman–Crippen LogP) is 11.7. The second-order valence-corrected chi connectivity index (χ2v) is 17.5. The first kappa shape index (κ1) is 52.5. The van der Waals surface area contributed by atoms with Gasteiger partial charge in [-0.3, -0.25) is 14.2 Å². The molecular formula is C44H84NO8P. The summed E-state index contributed by atoms with van der Waals surface area (Å²) in [6.45, 7) is 4.17. The van der Waals surface area contributed by atoms with Crippen LogP contribution in [0.25, 0.3) is 0 Å². The first-order valence-corrected chi connectivity index (χ1v) is 23.5. The van der Waals surface area contributed by atoms with Crippen molar-refractivity contribution < 1.29 is 42.1 Å². The molecule has 9 nitrogen and oxygen atoms in total. The van der Waals surface area contributed by atoms with Gasteiger partial charge >= 0.3 is 11.9 Å². The Balaban J connectivity index is 4.41. The number of rotatable bonds is 40. The monoisotopic (exact) mass is 786 g/mol. The zero-order valence-corrected chi connectivity index (χ0v) is 36.6. The molecule has 0 aromatic heterocycles. The molecule has 54 heavy (non-hydrogen) atoms.